The van der Waals surface area contributed by atoms with Crippen LogP contribution in [0.5, 0.6) is 11.5 Å². The van der Waals surface area contributed by atoms with Crippen molar-refractivity contribution in [2.24, 2.45) is 0 Å². The summed E-state index contributed by atoms with van der Waals surface area (Å²) in [5, 5.41) is 0. The maximum absolute atomic E-state index is 12.8. The maximum atomic E-state index is 12.8. The quantitative estimate of drug-likeness (QED) is 0.382. The van der Waals surface area contributed by atoms with Gasteiger partial charge >= 0.3 is 5.97 Å². The van der Waals surface area contributed by atoms with Crippen LogP contribution < -0.4 is 9.47 Å². The van der Waals surface area contributed by atoms with Gasteiger partial charge in [0, 0.05) is 24.4 Å². The number of hydrogen-bond donors (Lipinski definition) is 0. The number of methoxy groups -OCH3 is 2. The van der Waals surface area contributed by atoms with Gasteiger partial charge in [0.2, 0.25) is 5.78 Å². The second-order valence-electron chi connectivity index (χ2n) is 6.95. The highest BCUT2D eigenvalue weighted by Gasteiger charge is 2.12. The van der Waals surface area contributed by atoms with E-state index in [1.165, 1.54) is 7.11 Å². The minimum Gasteiger partial charge on any atom is -0.497 e. The number of nitrogens with zero attached hydrogens (tertiary/aromatic N) is 1. The molecule has 0 saturated carbocycles. The number of carbonyl (C=O) groups is 2. The highest BCUT2D eigenvalue weighted by Crippen LogP contribution is 2.24. The monoisotopic (exact) mass is 419 g/mol. The summed E-state index contributed by atoms with van der Waals surface area (Å²) >= 11 is 0. The first-order valence-electron chi connectivity index (χ1n) is 9.82. The lowest BCUT2D eigenvalue weighted by atomic mass is 10.1. The van der Waals surface area contributed by atoms with Crippen molar-refractivity contribution in [2.75, 3.05) is 20.8 Å². The average molecular weight is 419 g/mol. The van der Waals surface area contributed by atoms with E-state index < -0.39 is 5.97 Å². The van der Waals surface area contributed by atoms with E-state index in [2.05, 4.69) is 4.74 Å². The van der Waals surface area contributed by atoms with Crippen molar-refractivity contribution >= 4 is 17.8 Å². The molecule has 6 heteroatoms. The largest absolute Gasteiger partial charge is 0.497 e. The first kappa shape index (κ1) is 21.9. The van der Waals surface area contributed by atoms with E-state index in [0.717, 1.165) is 11.1 Å². The Morgan fingerprint density at radius 1 is 1.00 bits per heavy atom. The van der Waals surface area contributed by atoms with Crippen LogP contribution in [0.1, 0.15) is 27.2 Å². The normalized spacial score (nSPS) is 10.8. The number of allylic oxidation sites excluding steroid dienone is 1. The smallest absolute Gasteiger partial charge is 0.343 e. The maximum Gasteiger partial charge on any atom is 0.343 e. The molecule has 1 aromatic heterocycles. The molecule has 0 aliphatic rings. The molecule has 0 amide bonds. The summed E-state index contributed by atoms with van der Waals surface area (Å²) < 4.78 is 17.3. The lowest BCUT2D eigenvalue weighted by Gasteiger charge is -2.09. The van der Waals surface area contributed by atoms with E-state index in [1.54, 1.807) is 19.2 Å². The molecule has 0 atom stereocenters. The topological polar surface area (TPSA) is 66.8 Å². The van der Waals surface area contributed by atoms with Crippen molar-refractivity contribution in [1.29, 1.82) is 0 Å². The zero-order valence-electron chi connectivity index (χ0n) is 17.8. The number of carbonyl (C=O) groups excluding carboxylic acids is 2. The minimum absolute atomic E-state index is 0.0155. The fourth-order valence-electron chi connectivity index (χ4n) is 3.03. The lowest BCUT2D eigenvalue weighted by molar-refractivity contribution is -0.142. The Morgan fingerprint density at radius 3 is 2.45 bits per heavy atom. The Morgan fingerprint density at radius 2 is 1.74 bits per heavy atom. The Balaban J connectivity index is 1.72. The van der Waals surface area contributed by atoms with Gasteiger partial charge < -0.3 is 18.8 Å². The van der Waals surface area contributed by atoms with Crippen LogP contribution in [0.2, 0.25) is 0 Å². The number of hydrogen-bond acceptors (Lipinski definition) is 5. The second-order valence-corrected chi connectivity index (χ2v) is 6.95. The fraction of sp³-hybridized carbons (Fsp3) is 0.200. The Hall–Kier alpha value is -3.80. The highest BCUT2D eigenvalue weighted by molar-refractivity contribution is 6.08. The second kappa shape index (κ2) is 10.3. The van der Waals surface area contributed by atoms with E-state index in [4.69, 9.17) is 9.47 Å². The number of aromatic nitrogens is 1. The van der Waals surface area contributed by atoms with Crippen LogP contribution in [0, 0.1) is 6.92 Å². The number of ether oxygens (including phenoxy) is 3. The molecule has 0 spiro atoms. The Bertz CT molecular complexity index is 1080. The summed E-state index contributed by atoms with van der Waals surface area (Å²) in [5.74, 6) is 0.635. The number of aryl methyl sites for hydroxylation is 1. The van der Waals surface area contributed by atoms with E-state index in [-0.39, 0.29) is 12.4 Å². The molecule has 160 valence electrons. The zero-order chi connectivity index (χ0) is 22.2. The number of esters is 1. The van der Waals surface area contributed by atoms with E-state index in [0.29, 0.717) is 29.3 Å². The van der Waals surface area contributed by atoms with Crippen molar-refractivity contribution in [3.8, 4) is 11.5 Å². The van der Waals surface area contributed by atoms with E-state index in [1.807, 2.05) is 72.3 Å². The van der Waals surface area contributed by atoms with Gasteiger partial charge in [-0.15, -0.1) is 0 Å². The molecule has 0 fully saturated rings. The van der Waals surface area contributed by atoms with Crippen molar-refractivity contribution in [3.63, 3.8) is 0 Å². The van der Waals surface area contributed by atoms with Gasteiger partial charge in [-0.25, -0.2) is 4.79 Å². The van der Waals surface area contributed by atoms with Crippen LogP contribution in [0.25, 0.3) is 6.08 Å². The minimum atomic E-state index is -0.460. The van der Waals surface area contributed by atoms with Gasteiger partial charge in [-0.1, -0.05) is 42.0 Å². The molecular formula is C25H25NO5. The number of benzene rings is 2. The predicted octanol–water partition coefficient (Wildman–Crippen LogP) is 4.30. The van der Waals surface area contributed by atoms with Crippen LogP contribution in [-0.2, 0) is 16.1 Å². The predicted molar refractivity (Wildman–Crippen MR) is 119 cm³/mol. The molecule has 0 bridgehead atoms. The Kier molecular flexibility index (Phi) is 7.27. The molecule has 0 unspecified atom stereocenters. The highest BCUT2D eigenvalue weighted by atomic mass is 16.6. The van der Waals surface area contributed by atoms with E-state index in [9.17, 15) is 9.59 Å². The average Bonchev–Trinajstić information content (AvgIpc) is 3.25. The SMILES string of the molecule is COC(=O)COc1cc(/C=C/Cn2cccc2C(=O)c2ccc(C)cc2)cc(OC)c1. The van der Waals surface area contributed by atoms with Crippen molar-refractivity contribution in [3.05, 3.63) is 89.3 Å². The standard InChI is InChI=1S/C25H25NO5/c1-18-8-10-20(11-9-18)25(28)23-7-5-13-26(23)12-4-6-19-14-21(29-2)16-22(15-19)31-17-24(27)30-3/h4-11,13-16H,12,17H2,1-3H3/b6-4+. The van der Waals surface area contributed by atoms with Crippen LogP contribution >= 0.6 is 0 Å². The van der Waals surface area contributed by atoms with Crippen molar-refractivity contribution in [2.45, 2.75) is 13.5 Å². The van der Waals surface area contributed by atoms with Crippen molar-refractivity contribution in [1.82, 2.24) is 4.57 Å². The van der Waals surface area contributed by atoms with Gasteiger partial charge in [0.25, 0.3) is 0 Å². The molecule has 31 heavy (non-hydrogen) atoms. The molecule has 6 nitrogen and oxygen atoms in total. The summed E-state index contributed by atoms with van der Waals surface area (Å²) in [4.78, 5) is 24.1. The van der Waals surface area contributed by atoms with Gasteiger partial charge in [0.15, 0.2) is 6.61 Å². The molecule has 3 rings (SSSR count). The summed E-state index contributed by atoms with van der Waals surface area (Å²) in [6, 6.07) is 16.6. The molecule has 0 aliphatic carbocycles. The third kappa shape index (κ3) is 5.85. The lowest BCUT2D eigenvalue weighted by Crippen LogP contribution is -2.12. The summed E-state index contributed by atoms with van der Waals surface area (Å²) in [5.41, 5.74) is 3.25. The number of rotatable bonds is 9. The van der Waals surface area contributed by atoms with Crippen LogP contribution in [0.4, 0.5) is 0 Å². The first-order valence-corrected chi connectivity index (χ1v) is 9.82. The summed E-state index contributed by atoms with van der Waals surface area (Å²) in [6.07, 6.45) is 5.74. The zero-order valence-corrected chi connectivity index (χ0v) is 17.8. The van der Waals surface area contributed by atoms with E-state index >= 15 is 0 Å². The third-order valence-corrected chi connectivity index (χ3v) is 4.71. The van der Waals surface area contributed by atoms with Gasteiger partial charge in [-0.2, -0.15) is 0 Å². The number of ketones is 1. The molecule has 0 N–H and O–H groups in total. The van der Waals surface area contributed by atoms with Gasteiger partial charge in [0.05, 0.1) is 19.9 Å². The van der Waals surface area contributed by atoms with Gasteiger partial charge in [-0.05, 0) is 36.8 Å². The van der Waals surface area contributed by atoms with Crippen molar-refractivity contribution < 1.29 is 23.8 Å². The molecule has 0 radical (unpaired) electrons. The summed E-state index contributed by atoms with van der Waals surface area (Å²) in [7, 11) is 2.88. The Labute approximate surface area is 181 Å². The first-order chi connectivity index (χ1) is 15.0. The van der Waals surface area contributed by atoms with Gasteiger partial charge in [0.1, 0.15) is 11.5 Å². The van der Waals surface area contributed by atoms with Gasteiger partial charge in [-0.3, -0.25) is 4.79 Å². The molecule has 0 aliphatic heterocycles. The fourth-order valence-corrected chi connectivity index (χ4v) is 3.03. The molecule has 3 aromatic rings. The summed E-state index contributed by atoms with van der Waals surface area (Å²) in [6.45, 7) is 2.34. The third-order valence-electron chi connectivity index (χ3n) is 4.71. The molecule has 1 heterocycles. The van der Waals surface area contributed by atoms with Crippen LogP contribution in [0.15, 0.2) is 66.9 Å². The van der Waals surface area contributed by atoms with Crippen LogP contribution in [-0.4, -0.2) is 37.1 Å². The molecule has 2 aromatic carbocycles. The molecule has 0 saturated heterocycles. The molecular weight excluding hydrogens is 394 g/mol. The van der Waals surface area contributed by atoms with Crippen LogP contribution in [0.3, 0.4) is 0 Å².